The van der Waals surface area contributed by atoms with E-state index in [1.54, 1.807) is 0 Å². The Bertz CT molecular complexity index is 1060. The van der Waals surface area contributed by atoms with Gasteiger partial charge in [-0.25, -0.2) is 22.9 Å². The van der Waals surface area contributed by atoms with Crippen LogP contribution >= 0.6 is 11.6 Å². The van der Waals surface area contributed by atoms with Crippen LogP contribution in [-0.4, -0.2) is 36.3 Å². The standard InChI is InChI=1S/C18H17ClN4O4S/c1-27-18(24)14-7-8-17(15(19)9-14)28(25,26)22-16(10-23-12-20-11-21-23)13-5-3-2-4-6-13/h2-9,11-12,16,22H,10H2,1H3. The Kier molecular flexibility index (Phi) is 6.08. The molecule has 0 aliphatic rings. The summed E-state index contributed by atoms with van der Waals surface area (Å²) in [5.74, 6) is -0.604. The Morgan fingerprint density at radius 1 is 1.25 bits per heavy atom. The molecule has 2 aromatic carbocycles. The molecule has 0 saturated heterocycles. The van der Waals surface area contributed by atoms with E-state index in [4.69, 9.17) is 11.6 Å². The molecule has 3 aromatic rings. The molecule has 1 unspecified atom stereocenters. The van der Waals surface area contributed by atoms with E-state index in [2.05, 4.69) is 19.5 Å². The second-order valence-electron chi connectivity index (χ2n) is 5.84. The molecule has 146 valence electrons. The summed E-state index contributed by atoms with van der Waals surface area (Å²) in [7, 11) is -2.75. The predicted molar refractivity (Wildman–Crippen MR) is 102 cm³/mol. The molecule has 0 saturated carbocycles. The van der Waals surface area contributed by atoms with E-state index in [0.29, 0.717) is 0 Å². The minimum absolute atomic E-state index is 0.0806. The quantitative estimate of drug-likeness (QED) is 0.589. The van der Waals surface area contributed by atoms with Gasteiger partial charge in [0.15, 0.2) is 0 Å². The van der Waals surface area contributed by atoms with E-state index < -0.39 is 22.0 Å². The Morgan fingerprint density at radius 2 is 2.00 bits per heavy atom. The van der Waals surface area contributed by atoms with Gasteiger partial charge in [0.25, 0.3) is 0 Å². The molecular weight excluding hydrogens is 404 g/mol. The zero-order chi connectivity index (χ0) is 20.1. The SMILES string of the molecule is COC(=O)c1ccc(S(=O)(=O)NC(Cn2cncn2)c2ccccc2)c(Cl)c1. The third-order valence-corrected chi connectivity index (χ3v) is 5.93. The van der Waals surface area contributed by atoms with Crippen molar-refractivity contribution in [3.8, 4) is 0 Å². The number of carbonyl (C=O) groups excluding carboxylic acids is 1. The minimum atomic E-state index is -3.99. The van der Waals surface area contributed by atoms with Gasteiger partial charge in [0.2, 0.25) is 10.0 Å². The number of halogens is 1. The fraction of sp³-hybridized carbons (Fsp3) is 0.167. The number of nitrogens with zero attached hydrogens (tertiary/aromatic N) is 3. The van der Waals surface area contributed by atoms with Crippen molar-refractivity contribution in [3.05, 3.63) is 77.3 Å². The molecular formula is C18H17ClN4O4S. The van der Waals surface area contributed by atoms with Gasteiger partial charge in [-0.2, -0.15) is 5.10 Å². The van der Waals surface area contributed by atoms with Crippen LogP contribution in [0.3, 0.4) is 0 Å². The summed E-state index contributed by atoms with van der Waals surface area (Å²) in [5.41, 5.74) is 0.914. The van der Waals surface area contributed by atoms with E-state index in [9.17, 15) is 13.2 Å². The molecule has 1 aromatic heterocycles. The lowest BCUT2D eigenvalue weighted by molar-refractivity contribution is 0.0600. The summed E-state index contributed by atoms with van der Waals surface area (Å²) in [6, 6.07) is 12.4. The van der Waals surface area contributed by atoms with Crippen molar-refractivity contribution >= 4 is 27.6 Å². The Hall–Kier alpha value is -2.75. The zero-order valence-electron chi connectivity index (χ0n) is 14.8. The monoisotopic (exact) mass is 420 g/mol. The van der Waals surface area contributed by atoms with Crippen LogP contribution in [0.4, 0.5) is 0 Å². The van der Waals surface area contributed by atoms with Crippen molar-refractivity contribution in [2.24, 2.45) is 0 Å². The fourth-order valence-corrected chi connectivity index (χ4v) is 4.38. The van der Waals surface area contributed by atoms with Gasteiger partial charge in [0, 0.05) is 0 Å². The van der Waals surface area contributed by atoms with Gasteiger partial charge in [-0.1, -0.05) is 41.9 Å². The molecule has 1 N–H and O–H groups in total. The van der Waals surface area contributed by atoms with Gasteiger partial charge in [-0.3, -0.25) is 4.68 Å². The lowest BCUT2D eigenvalue weighted by Crippen LogP contribution is -2.32. The van der Waals surface area contributed by atoms with Crippen LogP contribution in [0.15, 0.2) is 66.1 Å². The number of sulfonamides is 1. The molecule has 0 radical (unpaired) electrons. The van der Waals surface area contributed by atoms with E-state index >= 15 is 0 Å². The molecule has 1 heterocycles. The summed E-state index contributed by atoms with van der Waals surface area (Å²) in [5, 5.41) is 3.95. The second kappa shape index (κ2) is 8.51. The first-order valence-electron chi connectivity index (χ1n) is 8.18. The van der Waals surface area contributed by atoms with Crippen molar-refractivity contribution in [1.82, 2.24) is 19.5 Å². The topological polar surface area (TPSA) is 103 Å². The highest BCUT2D eigenvalue weighted by molar-refractivity contribution is 7.89. The molecule has 0 fully saturated rings. The lowest BCUT2D eigenvalue weighted by Gasteiger charge is -2.19. The third-order valence-electron chi connectivity index (χ3n) is 3.98. The maximum Gasteiger partial charge on any atom is 0.337 e. The number of rotatable bonds is 7. The number of esters is 1. The first-order valence-corrected chi connectivity index (χ1v) is 10.0. The Morgan fingerprint density at radius 3 is 2.61 bits per heavy atom. The first kappa shape index (κ1) is 20.0. The van der Waals surface area contributed by atoms with Crippen LogP contribution in [0.5, 0.6) is 0 Å². The number of hydrogen-bond donors (Lipinski definition) is 1. The number of ether oxygens (including phenoxy) is 1. The number of aromatic nitrogens is 3. The molecule has 0 aliphatic heterocycles. The minimum Gasteiger partial charge on any atom is -0.465 e. The highest BCUT2D eigenvalue weighted by Crippen LogP contribution is 2.25. The number of nitrogens with one attached hydrogen (secondary N) is 1. The Balaban J connectivity index is 1.92. The van der Waals surface area contributed by atoms with Gasteiger partial charge in [-0.15, -0.1) is 0 Å². The van der Waals surface area contributed by atoms with Crippen molar-refractivity contribution in [2.45, 2.75) is 17.5 Å². The van der Waals surface area contributed by atoms with Crippen LogP contribution in [0, 0.1) is 0 Å². The van der Waals surface area contributed by atoms with Gasteiger partial charge in [0.05, 0.1) is 30.3 Å². The van der Waals surface area contributed by atoms with Crippen LogP contribution in [0.1, 0.15) is 22.0 Å². The number of hydrogen-bond acceptors (Lipinski definition) is 6. The zero-order valence-corrected chi connectivity index (χ0v) is 16.4. The summed E-state index contributed by atoms with van der Waals surface area (Å²) < 4.78 is 34.7. The molecule has 10 heteroatoms. The third kappa shape index (κ3) is 4.56. The molecule has 1 atom stereocenters. The molecule has 28 heavy (non-hydrogen) atoms. The number of methoxy groups -OCH3 is 1. The molecule has 3 rings (SSSR count). The van der Waals surface area contributed by atoms with E-state index in [1.165, 1.54) is 42.6 Å². The molecule has 0 bridgehead atoms. The highest BCUT2D eigenvalue weighted by atomic mass is 35.5. The maximum absolute atomic E-state index is 13.0. The fourth-order valence-electron chi connectivity index (χ4n) is 2.62. The van der Waals surface area contributed by atoms with Crippen LogP contribution < -0.4 is 4.72 Å². The average molecular weight is 421 g/mol. The maximum atomic E-state index is 13.0. The molecule has 0 spiro atoms. The van der Waals surface area contributed by atoms with Crippen molar-refractivity contribution in [2.75, 3.05) is 7.11 Å². The smallest absolute Gasteiger partial charge is 0.337 e. The largest absolute Gasteiger partial charge is 0.465 e. The molecule has 0 amide bonds. The van der Waals surface area contributed by atoms with Crippen LogP contribution in [-0.2, 0) is 21.3 Å². The predicted octanol–water partition coefficient (Wildman–Crippen LogP) is 2.44. The first-order chi connectivity index (χ1) is 13.4. The summed E-state index contributed by atoms with van der Waals surface area (Å²) >= 11 is 6.13. The van der Waals surface area contributed by atoms with Gasteiger partial charge < -0.3 is 4.74 Å². The Labute approximate surface area is 167 Å². The normalized spacial score (nSPS) is 12.5. The van der Waals surface area contributed by atoms with E-state index in [-0.39, 0.29) is 22.0 Å². The summed E-state index contributed by atoms with van der Waals surface area (Å²) in [4.78, 5) is 15.3. The van der Waals surface area contributed by atoms with Gasteiger partial charge in [-0.05, 0) is 23.8 Å². The van der Waals surface area contributed by atoms with Gasteiger partial charge >= 0.3 is 5.97 Å². The molecule has 8 nitrogen and oxygen atoms in total. The summed E-state index contributed by atoms with van der Waals surface area (Å²) in [6.07, 6.45) is 2.88. The summed E-state index contributed by atoms with van der Waals surface area (Å²) in [6.45, 7) is 0.237. The van der Waals surface area contributed by atoms with E-state index in [1.807, 2.05) is 30.3 Å². The second-order valence-corrected chi connectivity index (χ2v) is 7.93. The van der Waals surface area contributed by atoms with Crippen LogP contribution in [0.25, 0.3) is 0 Å². The van der Waals surface area contributed by atoms with Crippen LogP contribution in [0.2, 0.25) is 5.02 Å². The van der Waals surface area contributed by atoms with Crippen molar-refractivity contribution in [1.29, 1.82) is 0 Å². The van der Waals surface area contributed by atoms with Crippen molar-refractivity contribution in [3.63, 3.8) is 0 Å². The van der Waals surface area contributed by atoms with Crippen molar-refractivity contribution < 1.29 is 17.9 Å². The van der Waals surface area contributed by atoms with E-state index in [0.717, 1.165) is 5.56 Å². The number of benzene rings is 2. The highest BCUT2D eigenvalue weighted by Gasteiger charge is 2.25. The average Bonchev–Trinajstić information content (AvgIpc) is 3.20. The van der Waals surface area contributed by atoms with Gasteiger partial charge in [0.1, 0.15) is 17.6 Å². The lowest BCUT2D eigenvalue weighted by atomic mass is 10.1. The molecule has 0 aliphatic carbocycles. The number of carbonyl (C=O) groups is 1.